The normalized spacial score (nSPS) is 17.3. The predicted octanol–water partition coefficient (Wildman–Crippen LogP) is 1.42. The zero-order valence-corrected chi connectivity index (χ0v) is 15.8. The number of amides is 1. The van der Waals surface area contributed by atoms with E-state index in [1.165, 1.54) is 11.8 Å². The number of benzene rings is 1. The van der Waals surface area contributed by atoms with Crippen LogP contribution in [0.5, 0.6) is 0 Å². The highest BCUT2D eigenvalue weighted by Crippen LogP contribution is 2.31. The maximum atomic E-state index is 12.9. The van der Waals surface area contributed by atoms with Gasteiger partial charge in [-0.3, -0.25) is 14.6 Å². The predicted molar refractivity (Wildman–Crippen MR) is 104 cm³/mol. The van der Waals surface area contributed by atoms with Crippen molar-refractivity contribution in [2.45, 2.75) is 38.3 Å². The van der Waals surface area contributed by atoms with Crippen LogP contribution >= 0.6 is 0 Å². The number of nitrogens with zero attached hydrogens (tertiary/aromatic N) is 2. The topological polar surface area (TPSA) is 89.3 Å². The van der Waals surface area contributed by atoms with E-state index in [2.05, 4.69) is 39.1 Å². The van der Waals surface area contributed by atoms with Gasteiger partial charge >= 0.3 is 5.69 Å². The number of nitrogens with one attached hydrogen (secondary N) is 2. The van der Waals surface area contributed by atoms with Gasteiger partial charge in [-0.1, -0.05) is 24.3 Å². The van der Waals surface area contributed by atoms with Crippen molar-refractivity contribution in [3.05, 3.63) is 68.0 Å². The molecule has 1 aromatic heterocycles. The molecule has 2 heterocycles. The van der Waals surface area contributed by atoms with Crippen molar-refractivity contribution >= 4 is 5.91 Å². The lowest BCUT2D eigenvalue weighted by Gasteiger charge is -2.36. The van der Waals surface area contributed by atoms with Crippen molar-refractivity contribution in [1.82, 2.24) is 19.8 Å². The Morgan fingerprint density at radius 2 is 1.93 bits per heavy atom. The minimum absolute atomic E-state index is 0.0126. The lowest BCUT2D eigenvalue weighted by molar-refractivity contribution is -0.134. The Hall–Kier alpha value is -2.67. The number of aromatic nitrogens is 2. The first-order valence-electron chi connectivity index (χ1n) is 9.28. The molecule has 2 N–H and O–H groups in total. The van der Waals surface area contributed by atoms with Crippen LogP contribution in [0.15, 0.2) is 40.1 Å². The molecule has 27 heavy (non-hydrogen) atoms. The van der Waals surface area contributed by atoms with Crippen LogP contribution in [0.3, 0.4) is 0 Å². The zero-order valence-electron chi connectivity index (χ0n) is 15.8. The summed E-state index contributed by atoms with van der Waals surface area (Å²) in [5.74, 6) is -0.0883. The van der Waals surface area contributed by atoms with Crippen molar-refractivity contribution in [3.63, 3.8) is 0 Å². The van der Waals surface area contributed by atoms with Crippen molar-refractivity contribution in [2.75, 3.05) is 20.6 Å². The van der Waals surface area contributed by atoms with Crippen molar-refractivity contribution in [3.8, 4) is 0 Å². The molecular formula is C20H26N4O3. The maximum Gasteiger partial charge on any atom is 0.325 e. The molecule has 0 spiro atoms. The van der Waals surface area contributed by atoms with Crippen LogP contribution in [-0.2, 0) is 17.8 Å². The highest BCUT2D eigenvalue weighted by molar-refractivity contribution is 5.79. The Kier molecular flexibility index (Phi) is 5.91. The molecule has 0 saturated carbocycles. The smallest absolute Gasteiger partial charge is 0.325 e. The molecule has 1 fully saturated rings. The van der Waals surface area contributed by atoms with Gasteiger partial charge in [-0.15, -0.1) is 0 Å². The Labute approximate surface area is 158 Å². The third kappa shape index (κ3) is 4.74. The van der Waals surface area contributed by atoms with Gasteiger partial charge < -0.3 is 14.8 Å². The second-order valence-corrected chi connectivity index (χ2v) is 7.35. The van der Waals surface area contributed by atoms with Crippen molar-refractivity contribution in [1.29, 1.82) is 0 Å². The van der Waals surface area contributed by atoms with E-state index in [1.54, 1.807) is 0 Å². The largest absolute Gasteiger partial charge is 0.335 e. The zero-order chi connectivity index (χ0) is 19.4. The minimum Gasteiger partial charge on any atom is -0.335 e. The molecule has 1 amide bonds. The number of carbonyl (C=O) groups excluding carboxylic acids is 1. The molecular weight excluding hydrogens is 344 g/mol. The van der Waals surface area contributed by atoms with E-state index in [9.17, 15) is 14.4 Å². The summed E-state index contributed by atoms with van der Waals surface area (Å²) in [6.07, 6.45) is 4.27. The molecule has 0 bridgehead atoms. The third-order valence-corrected chi connectivity index (χ3v) is 4.92. The lowest BCUT2D eigenvalue weighted by atomic mass is 9.94. The fourth-order valence-electron chi connectivity index (χ4n) is 3.62. The van der Waals surface area contributed by atoms with E-state index in [-0.39, 0.29) is 23.9 Å². The first kappa shape index (κ1) is 19.1. The summed E-state index contributed by atoms with van der Waals surface area (Å²) in [6.45, 7) is 1.56. The number of likely N-dealkylation sites (tertiary alicyclic amines) is 1. The summed E-state index contributed by atoms with van der Waals surface area (Å²) in [5, 5.41) is 0. The molecule has 2 aromatic rings. The van der Waals surface area contributed by atoms with Crippen molar-refractivity contribution in [2.24, 2.45) is 0 Å². The van der Waals surface area contributed by atoms with Crippen LogP contribution < -0.4 is 11.2 Å². The molecule has 0 aliphatic carbocycles. The number of piperidine rings is 1. The van der Waals surface area contributed by atoms with Gasteiger partial charge in [0.05, 0.1) is 12.5 Å². The maximum absolute atomic E-state index is 12.9. The summed E-state index contributed by atoms with van der Waals surface area (Å²) in [4.78, 5) is 44.5. The first-order valence-corrected chi connectivity index (χ1v) is 9.28. The average molecular weight is 370 g/mol. The average Bonchev–Trinajstić information content (AvgIpc) is 2.64. The van der Waals surface area contributed by atoms with Gasteiger partial charge in [-0.2, -0.15) is 0 Å². The van der Waals surface area contributed by atoms with E-state index in [1.807, 2.05) is 19.0 Å². The second-order valence-electron chi connectivity index (χ2n) is 7.35. The van der Waals surface area contributed by atoms with Gasteiger partial charge in [0.2, 0.25) is 5.91 Å². The molecule has 1 aliphatic heterocycles. The molecule has 7 heteroatoms. The highest BCUT2D eigenvalue weighted by Gasteiger charge is 2.28. The lowest BCUT2D eigenvalue weighted by Crippen LogP contribution is -2.40. The highest BCUT2D eigenvalue weighted by atomic mass is 16.2. The molecule has 7 nitrogen and oxygen atoms in total. The molecule has 1 aliphatic rings. The fraction of sp³-hybridized carbons (Fsp3) is 0.450. The van der Waals surface area contributed by atoms with Crippen LogP contribution in [0.2, 0.25) is 0 Å². The number of hydrogen-bond acceptors (Lipinski definition) is 4. The number of hydrogen-bond donors (Lipinski definition) is 2. The van der Waals surface area contributed by atoms with Gasteiger partial charge in [-0.05, 0) is 44.5 Å². The summed E-state index contributed by atoms with van der Waals surface area (Å²) in [6, 6.07) is 8.45. The van der Waals surface area contributed by atoms with E-state index >= 15 is 0 Å². The number of aromatic amines is 2. The number of H-pyrrole nitrogens is 2. The van der Waals surface area contributed by atoms with E-state index in [4.69, 9.17) is 0 Å². The molecule has 1 unspecified atom stereocenters. The Balaban J connectivity index is 1.77. The first-order chi connectivity index (χ1) is 12.9. The molecule has 3 rings (SSSR count). The quantitative estimate of drug-likeness (QED) is 0.833. The van der Waals surface area contributed by atoms with Gasteiger partial charge in [0.1, 0.15) is 0 Å². The Morgan fingerprint density at radius 3 is 2.59 bits per heavy atom. The van der Waals surface area contributed by atoms with Crippen molar-refractivity contribution < 1.29 is 4.79 Å². The third-order valence-electron chi connectivity index (χ3n) is 4.92. The Bertz CT molecular complexity index is 898. The second kappa shape index (κ2) is 8.35. The van der Waals surface area contributed by atoms with Gasteiger partial charge in [0.15, 0.2) is 0 Å². The van der Waals surface area contributed by atoms with Gasteiger partial charge in [0.25, 0.3) is 5.56 Å². The standard InChI is InChI=1S/C20H26N4O3/c1-23(2)13-14-6-8-15(9-7-14)17-5-3-4-10-24(17)18(25)11-16-12-21-20(27)22-19(16)26/h6-9,12,17H,3-5,10-11,13H2,1-2H3,(H2,21,22,26,27). The van der Waals surface area contributed by atoms with Crippen LogP contribution in [0, 0.1) is 0 Å². The molecule has 1 aromatic carbocycles. The minimum atomic E-state index is -0.565. The van der Waals surface area contributed by atoms with Crippen LogP contribution in [0.4, 0.5) is 0 Å². The fourth-order valence-corrected chi connectivity index (χ4v) is 3.62. The summed E-state index contributed by atoms with van der Waals surface area (Å²) in [7, 11) is 4.07. The SMILES string of the molecule is CN(C)Cc1ccc(C2CCCCN2C(=O)Cc2c[nH]c(=O)[nH]c2=O)cc1. The van der Waals surface area contributed by atoms with E-state index in [0.717, 1.165) is 31.4 Å². The molecule has 1 atom stereocenters. The van der Waals surface area contributed by atoms with Crippen LogP contribution in [-0.4, -0.2) is 46.3 Å². The van der Waals surface area contributed by atoms with Crippen LogP contribution in [0.25, 0.3) is 0 Å². The molecule has 1 saturated heterocycles. The molecule has 144 valence electrons. The summed E-state index contributed by atoms with van der Waals surface area (Å²) >= 11 is 0. The molecule has 0 radical (unpaired) electrons. The monoisotopic (exact) mass is 370 g/mol. The van der Waals surface area contributed by atoms with E-state index in [0.29, 0.717) is 6.54 Å². The number of rotatable bonds is 5. The van der Waals surface area contributed by atoms with Crippen LogP contribution in [0.1, 0.15) is 42.0 Å². The van der Waals surface area contributed by atoms with E-state index < -0.39 is 11.2 Å². The summed E-state index contributed by atoms with van der Waals surface area (Å²) in [5.41, 5.74) is 1.57. The summed E-state index contributed by atoms with van der Waals surface area (Å²) < 4.78 is 0. The Morgan fingerprint density at radius 1 is 1.19 bits per heavy atom. The number of carbonyl (C=O) groups is 1. The van der Waals surface area contributed by atoms with Gasteiger partial charge in [0, 0.05) is 24.8 Å². The van der Waals surface area contributed by atoms with Gasteiger partial charge in [-0.25, -0.2) is 4.79 Å².